The van der Waals surface area contributed by atoms with E-state index in [2.05, 4.69) is 0 Å². The molecule has 0 N–H and O–H groups in total. The van der Waals surface area contributed by atoms with Gasteiger partial charge >= 0.3 is 5.97 Å². The number of aryl methyl sites for hydroxylation is 2. The lowest BCUT2D eigenvalue weighted by atomic mass is 10.1. The molecule has 152 valence electrons. The number of nitrogens with zero attached hydrogens (tertiary/aromatic N) is 2. The van der Waals surface area contributed by atoms with Crippen molar-refractivity contribution in [1.82, 2.24) is 0 Å². The van der Waals surface area contributed by atoms with E-state index >= 15 is 0 Å². The third-order valence-electron chi connectivity index (χ3n) is 4.14. The molecule has 0 fully saturated rings. The Bertz CT molecular complexity index is 931. The van der Waals surface area contributed by atoms with Gasteiger partial charge in [-0.25, -0.2) is 4.39 Å². The molecule has 1 aromatic carbocycles. The fourth-order valence-corrected chi connectivity index (χ4v) is 3.67. The van der Waals surface area contributed by atoms with E-state index in [-0.39, 0.29) is 31.6 Å². The summed E-state index contributed by atoms with van der Waals surface area (Å²) in [5.74, 6) is -1.78. The highest BCUT2D eigenvalue weighted by molar-refractivity contribution is 7.12. The Hall–Kier alpha value is -3.05. The van der Waals surface area contributed by atoms with Gasteiger partial charge in [0, 0.05) is 34.0 Å². The van der Waals surface area contributed by atoms with Crippen LogP contribution in [0.4, 0.5) is 10.1 Å². The number of carbonyl (C=O) groups is 3. The minimum Gasteiger partial charge on any atom is -0.456 e. The summed E-state index contributed by atoms with van der Waals surface area (Å²) in [6.45, 7) is 3.33. The number of Topliss-reactive ketones (excluding diaryl/α,β-unsaturated/α-hetero) is 1. The summed E-state index contributed by atoms with van der Waals surface area (Å²) in [6, 6.07) is 8.97. The second kappa shape index (κ2) is 10.5. The van der Waals surface area contributed by atoms with Crippen LogP contribution in [0.3, 0.4) is 0 Å². The molecule has 0 atom stereocenters. The molecule has 0 aliphatic rings. The van der Waals surface area contributed by atoms with Gasteiger partial charge in [0.1, 0.15) is 5.82 Å². The fraction of sp³-hybridized carbons (Fsp3) is 0.333. The number of rotatable bonds is 9. The van der Waals surface area contributed by atoms with Gasteiger partial charge in [-0.15, -0.1) is 11.3 Å². The quantitative estimate of drug-likeness (QED) is 0.456. The summed E-state index contributed by atoms with van der Waals surface area (Å²) in [6.07, 6.45) is -0.0552. The maximum absolute atomic E-state index is 13.1. The van der Waals surface area contributed by atoms with E-state index in [1.54, 1.807) is 6.07 Å². The van der Waals surface area contributed by atoms with Crippen LogP contribution in [0.2, 0.25) is 0 Å². The van der Waals surface area contributed by atoms with Crippen molar-refractivity contribution in [3.63, 3.8) is 0 Å². The fourth-order valence-electron chi connectivity index (χ4n) is 2.73. The maximum atomic E-state index is 13.1. The first-order chi connectivity index (χ1) is 13.8. The van der Waals surface area contributed by atoms with Gasteiger partial charge in [0.25, 0.3) is 5.91 Å². The van der Waals surface area contributed by atoms with E-state index in [1.807, 2.05) is 19.9 Å². The van der Waals surface area contributed by atoms with Gasteiger partial charge < -0.3 is 9.64 Å². The SMILES string of the molecule is Cc1cc(C(=O)CCC(=O)OCC(=O)N(CCC#N)c2ccc(F)cc2)c(C)s1. The number of nitriles is 1. The largest absolute Gasteiger partial charge is 0.456 e. The monoisotopic (exact) mass is 416 g/mol. The number of ketones is 1. The summed E-state index contributed by atoms with van der Waals surface area (Å²) in [4.78, 5) is 39.8. The van der Waals surface area contributed by atoms with E-state index in [1.165, 1.54) is 40.5 Å². The second-order valence-electron chi connectivity index (χ2n) is 6.34. The maximum Gasteiger partial charge on any atom is 0.306 e. The minimum atomic E-state index is -0.657. The Labute approximate surface area is 172 Å². The molecule has 0 aliphatic heterocycles. The number of benzene rings is 1. The van der Waals surface area contributed by atoms with Crippen molar-refractivity contribution < 1.29 is 23.5 Å². The van der Waals surface area contributed by atoms with Crippen LogP contribution >= 0.6 is 11.3 Å². The van der Waals surface area contributed by atoms with Crippen molar-refractivity contribution in [2.45, 2.75) is 33.1 Å². The zero-order valence-corrected chi connectivity index (χ0v) is 17.1. The number of halogens is 1. The molecule has 29 heavy (non-hydrogen) atoms. The van der Waals surface area contributed by atoms with Crippen LogP contribution in [0.1, 0.15) is 39.4 Å². The molecular weight excluding hydrogens is 395 g/mol. The van der Waals surface area contributed by atoms with Crippen molar-refractivity contribution in [2.75, 3.05) is 18.1 Å². The Morgan fingerprint density at radius 2 is 1.86 bits per heavy atom. The Kier molecular flexibility index (Phi) is 8.04. The van der Waals surface area contributed by atoms with Gasteiger partial charge in [-0.3, -0.25) is 14.4 Å². The number of hydrogen-bond acceptors (Lipinski definition) is 6. The van der Waals surface area contributed by atoms with Gasteiger partial charge in [0.05, 0.1) is 18.9 Å². The molecule has 0 aliphatic carbocycles. The third kappa shape index (κ3) is 6.50. The van der Waals surface area contributed by atoms with E-state index in [0.717, 1.165) is 9.75 Å². The molecule has 1 aromatic heterocycles. The molecule has 1 heterocycles. The van der Waals surface area contributed by atoms with Gasteiger partial charge in [0.15, 0.2) is 12.4 Å². The molecule has 6 nitrogen and oxygen atoms in total. The van der Waals surface area contributed by atoms with Crippen LogP contribution in [0.5, 0.6) is 0 Å². The number of hydrogen-bond donors (Lipinski definition) is 0. The minimum absolute atomic E-state index is 0.000145. The number of ether oxygens (including phenoxy) is 1. The number of carbonyl (C=O) groups excluding carboxylic acids is 3. The van der Waals surface area contributed by atoms with Crippen LogP contribution in [-0.4, -0.2) is 30.8 Å². The first-order valence-electron chi connectivity index (χ1n) is 9.00. The molecule has 0 spiro atoms. The number of anilines is 1. The average Bonchev–Trinajstić information content (AvgIpc) is 3.04. The van der Waals surface area contributed by atoms with Crippen LogP contribution in [-0.2, 0) is 14.3 Å². The Balaban J connectivity index is 1.88. The molecule has 2 rings (SSSR count). The Morgan fingerprint density at radius 1 is 1.17 bits per heavy atom. The number of thiophene rings is 1. The molecule has 1 amide bonds. The molecule has 2 aromatic rings. The lowest BCUT2D eigenvalue weighted by Crippen LogP contribution is -2.35. The van der Waals surface area contributed by atoms with E-state index in [9.17, 15) is 18.8 Å². The van der Waals surface area contributed by atoms with E-state index < -0.39 is 24.3 Å². The molecule has 0 saturated heterocycles. The van der Waals surface area contributed by atoms with Crippen molar-refractivity contribution in [2.24, 2.45) is 0 Å². The molecule has 0 bridgehead atoms. The van der Waals surface area contributed by atoms with Crippen LogP contribution in [0, 0.1) is 31.0 Å². The van der Waals surface area contributed by atoms with Crippen LogP contribution in [0.25, 0.3) is 0 Å². The smallest absolute Gasteiger partial charge is 0.306 e. The first kappa shape index (κ1) is 22.2. The van der Waals surface area contributed by atoms with Gasteiger partial charge in [-0.05, 0) is 44.2 Å². The van der Waals surface area contributed by atoms with Crippen LogP contribution < -0.4 is 4.90 Å². The molecule has 0 radical (unpaired) electrons. The van der Waals surface area contributed by atoms with Gasteiger partial charge in [-0.2, -0.15) is 5.26 Å². The van der Waals surface area contributed by atoms with Crippen molar-refractivity contribution in [3.8, 4) is 6.07 Å². The van der Waals surface area contributed by atoms with Crippen LogP contribution in [0.15, 0.2) is 30.3 Å². The van der Waals surface area contributed by atoms with E-state index in [4.69, 9.17) is 10.00 Å². The topological polar surface area (TPSA) is 87.5 Å². The van der Waals surface area contributed by atoms with Gasteiger partial charge in [0.2, 0.25) is 0 Å². The highest BCUT2D eigenvalue weighted by Crippen LogP contribution is 2.22. The van der Waals surface area contributed by atoms with Crippen molar-refractivity contribution >= 4 is 34.7 Å². The number of esters is 1. The molecule has 8 heteroatoms. The lowest BCUT2D eigenvalue weighted by molar-refractivity contribution is -0.147. The highest BCUT2D eigenvalue weighted by Gasteiger charge is 2.19. The molecular formula is C21H21FN2O4S. The summed E-state index contributed by atoms with van der Waals surface area (Å²) in [7, 11) is 0. The summed E-state index contributed by atoms with van der Waals surface area (Å²) >= 11 is 1.52. The predicted molar refractivity (Wildman–Crippen MR) is 107 cm³/mol. The predicted octanol–water partition coefficient (Wildman–Crippen LogP) is 3.96. The van der Waals surface area contributed by atoms with E-state index in [0.29, 0.717) is 11.3 Å². The van der Waals surface area contributed by atoms with Crippen molar-refractivity contribution in [1.29, 1.82) is 5.26 Å². The third-order valence-corrected chi connectivity index (χ3v) is 5.11. The number of amides is 1. The normalized spacial score (nSPS) is 10.3. The Morgan fingerprint density at radius 3 is 2.45 bits per heavy atom. The molecule has 0 saturated carbocycles. The standard InChI is InChI=1S/C21H21FN2O4S/c1-14-12-18(15(2)29-14)19(25)8-9-21(27)28-13-20(26)24(11-3-10-23)17-6-4-16(22)5-7-17/h4-7,12H,3,8-9,11,13H2,1-2H3. The van der Waals surface area contributed by atoms with Crippen molar-refractivity contribution in [3.05, 3.63) is 51.5 Å². The summed E-state index contributed by atoms with van der Waals surface area (Å²) < 4.78 is 18.1. The van der Waals surface area contributed by atoms with Gasteiger partial charge in [-0.1, -0.05) is 0 Å². The lowest BCUT2D eigenvalue weighted by Gasteiger charge is -2.21. The second-order valence-corrected chi connectivity index (χ2v) is 7.80. The summed E-state index contributed by atoms with van der Waals surface area (Å²) in [5.41, 5.74) is 1.01. The molecule has 0 unspecified atom stereocenters. The summed E-state index contributed by atoms with van der Waals surface area (Å²) in [5, 5.41) is 8.78. The average molecular weight is 416 g/mol. The highest BCUT2D eigenvalue weighted by atomic mass is 32.1. The zero-order chi connectivity index (χ0) is 21.4. The zero-order valence-electron chi connectivity index (χ0n) is 16.2. The first-order valence-corrected chi connectivity index (χ1v) is 9.82.